The molecule has 196 valence electrons. The zero-order valence-corrected chi connectivity index (χ0v) is 22.5. The third-order valence-electron chi connectivity index (χ3n) is 7.07. The average Bonchev–Trinajstić information content (AvgIpc) is 2.80. The van der Waals surface area contributed by atoms with Gasteiger partial charge in [0.05, 0.1) is 37.9 Å². The molecule has 1 aromatic carbocycles. The van der Waals surface area contributed by atoms with Crippen molar-refractivity contribution in [3.63, 3.8) is 0 Å². The highest BCUT2D eigenvalue weighted by Gasteiger charge is 2.39. The molecular formula is C25H34N4O5S2. The lowest BCUT2D eigenvalue weighted by Gasteiger charge is -2.42. The Bertz CT molecular complexity index is 1170. The molecule has 1 saturated heterocycles. The molecule has 1 aromatic heterocycles. The van der Waals surface area contributed by atoms with E-state index in [1.54, 1.807) is 4.90 Å². The Balaban J connectivity index is 0.00000361. The summed E-state index contributed by atoms with van der Waals surface area (Å²) in [5.41, 5.74) is 2.26. The van der Waals surface area contributed by atoms with Gasteiger partial charge in [-0.05, 0) is 43.4 Å². The standard InChI is InChI=1S/C25H32N4O5S.H2S/c1-34-23-16-26-20(15-27-23)14-22(30)13-18-5-3-12-29(24(18)31)21-8-6-19(7-9-21)25(10-4-11-25)17-28-35(2,32)33;/h6-9,15-16,18,28H,3-5,10-14,17H2,1-2H3;1H2/t18-;/m1./s1. The van der Waals surface area contributed by atoms with Crippen LogP contribution in [-0.2, 0) is 31.4 Å². The van der Waals surface area contributed by atoms with Gasteiger partial charge in [0, 0.05) is 36.5 Å². The minimum Gasteiger partial charge on any atom is -0.480 e. The fourth-order valence-electron chi connectivity index (χ4n) is 4.92. The van der Waals surface area contributed by atoms with Crippen LogP contribution in [0, 0.1) is 5.92 Å². The van der Waals surface area contributed by atoms with E-state index >= 15 is 0 Å². The second kappa shape index (κ2) is 11.7. The quantitative estimate of drug-likeness (QED) is 0.498. The summed E-state index contributed by atoms with van der Waals surface area (Å²) >= 11 is 0. The number of hydrogen-bond acceptors (Lipinski definition) is 7. The Labute approximate surface area is 219 Å². The van der Waals surface area contributed by atoms with E-state index in [-0.39, 0.29) is 49.4 Å². The number of methoxy groups -OCH3 is 1. The number of ether oxygens (including phenoxy) is 1. The molecule has 2 heterocycles. The Morgan fingerprint density at radius 1 is 1.17 bits per heavy atom. The van der Waals surface area contributed by atoms with Crippen LogP contribution in [0.4, 0.5) is 5.69 Å². The highest BCUT2D eigenvalue weighted by molar-refractivity contribution is 7.88. The van der Waals surface area contributed by atoms with Crippen molar-refractivity contribution in [1.82, 2.24) is 14.7 Å². The maximum absolute atomic E-state index is 13.2. The van der Waals surface area contributed by atoms with Gasteiger partial charge in [-0.15, -0.1) is 0 Å². The smallest absolute Gasteiger partial charge is 0.231 e. The molecule has 1 saturated carbocycles. The monoisotopic (exact) mass is 534 g/mol. The molecule has 1 aliphatic carbocycles. The van der Waals surface area contributed by atoms with Gasteiger partial charge in [-0.3, -0.25) is 14.6 Å². The number of piperidine rings is 1. The van der Waals surface area contributed by atoms with E-state index in [2.05, 4.69) is 14.7 Å². The number of nitrogens with zero attached hydrogens (tertiary/aromatic N) is 3. The van der Waals surface area contributed by atoms with E-state index in [1.807, 2.05) is 24.3 Å². The first-order valence-electron chi connectivity index (χ1n) is 11.9. The molecule has 0 unspecified atom stereocenters. The minimum absolute atomic E-state index is 0. The van der Waals surface area contributed by atoms with Crippen molar-refractivity contribution in [3.05, 3.63) is 47.9 Å². The number of aromatic nitrogens is 2. The maximum atomic E-state index is 13.2. The molecule has 11 heteroatoms. The average molecular weight is 535 g/mol. The number of ketones is 1. The predicted molar refractivity (Wildman–Crippen MR) is 142 cm³/mol. The maximum Gasteiger partial charge on any atom is 0.231 e. The van der Waals surface area contributed by atoms with Crippen LogP contribution >= 0.6 is 13.5 Å². The second-order valence-electron chi connectivity index (χ2n) is 9.57. The minimum atomic E-state index is -3.26. The summed E-state index contributed by atoms with van der Waals surface area (Å²) in [6, 6.07) is 7.88. The third-order valence-corrected chi connectivity index (χ3v) is 7.74. The van der Waals surface area contributed by atoms with Gasteiger partial charge in [0.25, 0.3) is 0 Å². The molecule has 4 rings (SSSR count). The summed E-state index contributed by atoms with van der Waals surface area (Å²) in [5, 5.41) is 0. The number of sulfonamides is 1. The number of hydrogen-bond donors (Lipinski definition) is 1. The summed E-state index contributed by atoms with van der Waals surface area (Å²) < 4.78 is 30.8. The lowest BCUT2D eigenvalue weighted by atomic mass is 9.64. The van der Waals surface area contributed by atoms with Crippen LogP contribution in [0.5, 0.6) is 5.88 Å². The molecule has 1 N–H and O–H groups in total. The number of rotatable bonds is 10. The number of nitrogens with one attached hydrogen (secondary N) is 1. The molecule has 2 aromatic rings. The summed E-state index contributed by atoms with van der Waals surface area (Å²) in [6.07, 6.45) is 8.94. The van der Waals surface area contributed by atoms with Gasteiger partial charge in [0.15, 0.2) is 0 Å². The van der Waals surface area contributed by atoms with Crippen molar-refractivity contribution < 1.29 is 22.7 Å². The first-order valence-corrected chi connectivity index (χ1v) is 13.8. The van der Waals surface area contributed by atoms with E-state index in [9.17, 15) is 18.0 Å². The highest BCUT2D eigenvalue weighted by Crippen LogP contribution is 2.44. The van der Waals surface area contributed by atoms with Crippen molar-refractivity contribution in [2.75, 3.05) is 31.4 Å². The lowest BCUT2D eigenvalue weighted by Crippen LogP contribution is -2.45. The van der Waals surface area contributed by atoms with Gasteiger partial charge in [0.2, 0.25) is 21.8 Å². The summed E-state index contributed by atoms with van der Waals surface area (Å²) in [7, 11) is -1.75. The lowest BCUT2D eigenvalue weighted by molar-refractivity contribution is -0.128. The Morgan fingerprint density at radius 3 is 2.44 bits per heavy atom. The Morgan fingerprint density at radius 2 is 1.89 bits per heavy atom. The molecule has 0 spiro atoms. The van der Waals surface area contributed by atoms with Crippen molar-refractivity contribution in [2.24, 2.45) is 5.92 Å². The third kappa shape index (κ3) is 6.63. The van der Waals surface area contributed by atoms with Crippen molar-refractivity contribution >= 4 is 40.9 Å². The van der Waals surface area contributed by atoms with Gasteiger partial charge in [-0.25, -0.2) is 18.1 Å². The van der Waals surface area contributed by atoms with Crippen LogP contribution in [0.15, 0.2) is 36.7 Å². The van der Waals surface area contributed by atoms with Gasteiger partial charge in [-0.2, -0.15) is 13.5 Å². The first-order chi connectivity index (χ1) is 16.7. The molecule has 1 aliphatic heterocycles. The molecule has 2 fully saturated rings. The Hall–Kier alpha value is -2.50. The molecule has 0 bridgehead atoms. The number of amides is 1. The van der Waals surface area contributed by atoms with Crippen LogP contribution in [-0.4, -0.2) is 56.5 Å². The van der Waals surface area contributed by atoms with E-state index < -0.39 is 10.0 Å². The number of carbonyl (C=O) groups excluding carboxylic acids is 2. The largest absolute Gasteiger partial charge is 0.480 e. The van der Waals surface area contributed by atoms with E-state index in [0.29, 0.717) is 31.1 Å². The molecule has 2 aliphatic rings. The first kappa shape index (κ1) is 28.1. The summed E-state index contributed by atoms with van der Waals surface area (Å²) in [6.45, 7) is 1.00. The van der Waals surface area contributed by atoms with Crippen LogP contribution in [0.2, 0.25) is 0 Å². The van der Waals surface area contributed by atoms with E-state index in [0.717, 1.165) is 36.9 Å². The Kier molecular flexibility index (Phi) is 9.13. The fraction of sp³-hybridized carbons (Fsp3) is 0.520. The van der Waals surface area contributed by atoms with Gasteiger partial charge in [-0.1, -0.05) is 18.6 Å². The van der Waals surface area contributed by atoms with Crippen molar-refractivity contribution in [1.29, 1.82) is 0 Å². The predicted octanol–water partition coefficient (Wildman–Crippen LogP) is 2.51. The van der Waals surface area contributed by atoms with Gasteiger partial charge >= 0.3 is 0 Å². The highest BCUT2D eigenvalue weighted by atomic mass is 32.2. The number of Topliss-reactive ketones (excluding diaryl/α,β-unsaturated/α-hetero) is 1. The summed E-state index contributed by atoms with van der Waals surface area (Å²) in [4.78, 5) is 35.9. The molecule has 36 heavy (non-hydrogen) atoms. The number of carbonyl (C=O) groups is 2. The summed E-state index contributed by atoms with van der Waals surface area (Å²) in [5.74, 6) is -0.0279. The molecule has 1 atom stereocenters. The molecule has 9 nitrogen and oxygen atoms in total. The zero-order chi connectivity index (χ0) is 25.1. The van der Waals surface area contributed by atoms with Crippen LogP contribution in [0.25, 0.3) is 0 Å². The second-order valence-corrected chi connectivity index (χ2v) is 11.4. The molecule has 1 amide bonds. The zero-order valence-electron chi connectivity index (χ0n) is 20.7. The van der Waals surface area contributed by atoms with Gasteiger partial charge < -0.3 is 9.64 Å². The SMILES string of the molecule is COc1cnc(CC(=O)C[C@H]2CCCN(c3ccc(C4(CNS(C)(=O)=O)CCC4)cc3)C2=O)cn1.S. The van der Waals surface area contributed by atoms with E-state index in [4.69, 9.17) is 4.74 Å². The fourth-order valence-corrected chi connectivity index (χ4v) is 5.46. The van der Waals surface area contributed by atoms with E-state index in [1.165, 1.54) is 25.8 Å². The van der Waals surface area contributed by atoms with Crippen LogP contribution in [0.3, 0.4) is 0 Å². The normalized spacial score (nSPS) is 19.2. The van der Waals surface area contributed by atoms with Crippen molar-refractivity contribution in [3.8, 4) is 5.88 Å². The van der Waals surface area contributed by atoms with Crippen LogP contribution < -0.4 is 14.4 Å². The van der Waals surface area contributed by atoms with Gasteiger partial charge in [0.1, 0.15) is 5.78 Å². The number of benzene rings is 1. The van der Waals surface area contributed by atoms with Crippen LogP contribution in [0.1, 0.15) is 49.8 Å². The topological polar surface area (TPSA) is 119 Å². The van der Waals surface area contributed by atoms with Crippen molar-refractivity contribution in [2.45, 2.75) is 50.4 Å². The molecular weight excluding hydrogens is 500 g/mol. The number of anilines is 1. The molecule has 0 radical (unpaired) electrons.